The van der Waals surface area contributed by atoms with Crippen molar-refractivity contribution in [3.05, 3.63) is 24.7 Å². The van der Waals surface area contributed by atoms with Gasteiger partial charge in [0.1, 0.15) is 18.8 Å². The number of hydrogen-bond donors (Lipinski definition) is 2. The molecule has 2 fully saturated rings. The van der Waals surface area contributed by atoms with Gasteiger partial charge in [-0.1, -0.05) is 0 Å². The van der Waals surface area contributed by atoms with Crippen LogP contribution in [0.3, 0.4) is 0 Å². The van der Waals surface area contributed by atoms with E-state index in [-0.39, 0.29) is 12.6 Å². The third-order valence-corrected chi connectivity index (χ3v) is 6.74. The van der Waals surface area contributed by atoms with Crippen molar-refractivity contribution >= 4 is 5.82 Å². The van der Waals surface area contributed by atoms with Gasteiger partial charge in [0.2, 0.25) is 0 Å². The van der Waals surface area contributed by atoms with Crippen LogP contribution >= 0.6 is 0 Å². The van der Waals surface area contributed by atoms with Crippen molar-refractivity contribution in [1.29, 1.82) is 5.26 Å². The fourth-order valence-electron chi connectivity index (χ4n) is 4.70. The van der Waals surface area contributed by atoms with Crippen LogP contribution in [0.1, 0.15) is 45.4 Å². The SMILES string of the molecule is COC[C@H](C)NC1CCC(Nc2cc(-c3ccnc(OCC4(C#N)CCOCC4)n3)ncn2)CC1. The molecule has 1 aliphatic heterocycles. The average molecular weight is 482 g/mol. The van der Waals surface area contributed by atoms with Gasteiger partial charge >= 0.3 is 6.01 Å². The Morgan fingerprint density at radius 2 is 1.91 bits per heavy atom. The summed E-state index contributed by atoms with van der Waals surface area (Å²) in [5.41, 5.74) is 0.790. The number of anilines is 1. The summed E-state index contributed by atoms with van der Waals surface area (Å²) in [5.74, 6) is 0.783. The maximum absolute atomic E-state index is 9.63. The molecule has 0 spiro atoms. The van der Waals surface area contributed by atoms with Gasteiger partial charge in [0.25, 0.3) is 0 Å². The smallest absolute Gasteiger partial charge is 0.316 e. The van der Waals surface area contributed by atoms with Crippen LogP contribution in [0.25, 0.3) is 11.4 Å². The molecule has 3 heterocycles. The predicted molar refractivity (Wildman–Crippen MR) is 131 cm³/mol. The van der Waals surface area contributed by atoms with Gasteiger partial charge in [0.05, 0.1) is 29.5 Å². The van der Waals surface area contributed by atoms with Gasteiger partial charge < -0.3 is 24.8 Å². The summed E-state index contributed by atoms with van der Waals surface area (Å²) in [6.07, 6.45) is 8.88. The van der Waals surface area contributed by atoms with E-state index in [1.54, 1.807) is 25.7 Å². The van der Waals surface area contributed by atoms with E-state index in [4.69, 9.17) is 14.2 Å². The Kier molecular flexibility index (Phi) is 8.79. The molecule has 35 heavy (non-hydrogen) atoms. The minimum atomic E-state index is -0.556. The van der Waals surface area contributed by atoms with E-state index >= 15 is 0 Å². The van der Waals surface area contributed by atoms with Gasteiger partial charge in [-0.3, -0.25) is 0 Å². The topological polar surface area (TPSA) is 127 Å². The van der Waals surface area contributed by atoms with Crippen molar-refractivity contribution in [1.82, 2.24) is 25.3 Å². The molecular weight excluding hydrogens is 446 g/mol. The number of aromatic nitrogens is 4. The lowest BCUT2D eigenvalue weighted by Gasteiger charge is -2.31. The Bertz CT molecular complexity index is 985. The van der Waals surface area contributed by atoms with E-state index in [0.717, 1.165) is 38.1 Å². The van der Waals surface area contributed by atoms with E-state index in [9.17, 15) is 5.26 Å². The van der Waals surface area contributed by atoms with Crippen molar-refractivity contribution in [2.24, 2.45) is 5.41 Å². The maximum Gasteiger partial charge on any atom is 0.316 e. The summed E-state index contributed by atoms with van der Waals surface area (Å²) in [7, 11) is 1.74. The summed E-state index contributed by atoms with van der Waals surface area (Å²) in [6.45, 7) is 4.27. The second kappa shape index (κ2) is 12.2. The van der Waals surface area contributed by atoms with Crippen LogP contribution in [0.4, 0.5) is 5.82 Å². The maximum atomic E-state index is 9.63. The number of nitriles is 1. The molecular formula is C25H35N7O3. The van der Waals surface area contributed by atoms with Crippen LogP contribution in [0, 0.1) is 16.7 Å². The molecule has 0 bridgehead atoms. The Labute approximate surface area is 206 Å². The number of nitrogens with one attached hydrogen (secondary N) is 2. The zero-order chi connectivity index (χ0) is 24.5. The highest BCUT2D eigenvalue weighted by Crippen LogP contribution is 2.30. The van der Waals surface area contributed by atoms with Gasteiger partial charge in [-0.2, -0.15) is 10.2 Å². The van der Waals surface area contributed by atoms with E-state index in [1.165, 1.54) is 0 Å². The molecule has 1 atom stereocenters. The third-order valence-electron chi connectivity index (χ3n) is 6.74. The highest BCUT2D eigenvalue weighted by Gasteiger charge is 2.34. The van der Waals surface area contributed by atoms with Crippen molar-refractivity contribution in [2.45, 2.75) is 63.6 Å². The van der Waals surface area contributed by atoms with E-state index in [2.05, 4.69) is 43.6 Å². The average Bonchev–Trinajstić information content (AvgIpc) is 2.90. The van der Waals surface area contributed by atoms with Crippen LogP contribution in [0.2, 0.25) is 0 Å². The standard InChI is InChI=1S/C25H35N7O3/c1-18(14-33-2)30-19-3-5-20(6-4-19)31-23-13-22(28-17-29-23)21-7-10-27-24(32-21)35-16-25(15-26)8-11-34-12-9-25/h7,10,13,17-20,30H,3-6,8-9,11-12,14,16H2,1-2H3,(H,28,29,31)/t18-,19?,20?/m0/s1. The Morgan fingerprint density at radius 1 is 1.14 bits per heavy atom. The number of hydrogen-bond acceptors (Lipinski definition) is 10. The molecule has 1 saturated heterocycles. The summed E-state index contributed by atoms with van der Waals surface area (Å²) in [4.78, 5) is 17.6. The molecule has 0 amide bonds. The summed E-state index contributed by atoms with van der Waals surface area (Å²) >= 11 is 0. The van der Waals surface area contributed by atoms with Gasteiger partial charge in [-0.15, -0.1) is 0 Å². The zero-order valence-electron chi connectivity index (χ0n) is 20.6. The first-order valence-electron chi connectivity index (χ1n) is 12.4. The van der Waals surface area contributed by atoms with Crippen LogP contribution in [0.5, 0.6) is 6.01 Å². The molecule has 4 rings (SSSR count). The monoisotopic (exact) mass is 481 g/mol. The van der Waals surface area contributed by atoms with Crippen molar-refractivity contribution in [3.8, 4) is 23.5 Å². The molecule has 10 heteroatoms. The van der Waals surface area contributed by atoms with Crippen molar-refractivity contribution in [3.63, 3.8) is 0 Å². The van der Waals surface area contributed by atoms with Gasteiger partial charge in [0, 0.05) is 50.7 Å². The fourth-order valence-corrected chi connectivity index (χ4v) is 4.70. The predicted octanol–water partition coefficient (Wildman–Crippen LogP) is 2.98. The molecule has 2 N–H and O–H groups in total. The van der Waals surface area contributed by atoms with Crippen LogP contribution in [-0.4, -0.2) is 71.6 Å². The number of ether oxygens (including phenoxy) is 3. The number of nitrogens with zero attached hydrogens (tertiary/aromatic N) is 5. The molecule has 0 unspecified atom stereocenters. The van der Waals surface area contributed by atoms with Gasteiger partial charge in [0.15, 0.2) is 0 Å². The molecule has 10 nitrogen and oxygen atoms in total. The van der Waals surface area contributed by atoms with Crippen LogP contribution < -0.4 is 15.4 Å². The molecule has 2 aliphatic rings. The zero-order valence-corrected chi connectivity index (χ0v) is 20.6. The lowest BCUT2D eigenvalue weighted by molar-refractivity contribution is 0.0174. The largest absolute Gasteiger partial charge is 0.462 e. The van der Waals surface area contributed by atoms with Crippen molar-refractivity contribution < 1.29 is 14.2 Å². The Morgan fingerprint density at radius 3 is 2.66 bits per heavy atom. The van der Waals surface area contributed by atoms with E-state index in [1.807, 2.05) is 6.07 Å². The first-order chi connectivity index (χ1) is 17.1. The minimum absolute atomic E-state index is 0.241. The minimum Gasteiger partial charge on any atom is -0.462 e. The van der Waals surface area contributed by atoms with E-state index in [0.29, 0.717) is 55.6 Å². The molecule has 188 valence electrons. The second-order valence-corrected chi connectivity index (χ2v) is 9.52. The number of rotatable bonds is 10. The summed E-state index contributed by atoms with van der Waals surface area (Å²) in [6, 6.07) is 7.61. The Balaban J connectivity index is 1.33. The molecule has 2 aromatic heterocycles. The summed E-state index contributed by atoms with van der Waals surface area (Å²) < 4.78 is 16.4. The Hall–Kier alpha value is -2.87. The normalized spacial score (nSPS) is 22.7. The fraction of sp³-hybridized carbons (Fsp3) is 0.640. The third kappa shape index (κ3) is 7.07. The van der Waals surface area contributed by atoms with Crippen LogP contribution in [-0.2, 0) is 9.47 Å². The molecule has 0 radical (unpaired) electrons. The quantitative estimate of drug-likeness (QED) is 0.523. The number of methoxy groups -OCH3 is 1. The summed E-state index contributed by atoms with van der Waals surface area (Å²) in [5, 5.41) is 16.8. The van der Waals surface area contributed by atoms with Gasteiger partial charge in [-0.25, -0.2) is 15.0 Å². The lowest BCUT2D eigenvalue weighted by atomic mass is 9.83. The van der Waals surface area contributed by atoms with Crippen molar-refractivity contribution in [2.75, 3.05) is 38.9 Å². The lowest BCUT2D eigenvalue weighted by Crippen LogP contribution is -2.42. The van der Waals surface area contributed by atoms with Gasteiger partial charge in [-0.05, 0) is 51.5 Å². The van der Waals surface area contributed by atoms with E-state index < -0.39 is 5.41 Å². The molecule has 0 aromatic carbocycles. The first kappa shape index (κ1) is 25.2. The highest BCUT2D eigenvalue weighted by molar-refractivity contribution is 5.58. The van der Waals surface area contributed by atoms with Crippen LogP contribution in [0.15, 0.2) is 24.7 Å². The molecule has 1 aliphatic carbocycles. The molecule has 1 saturated carbocycles. The highest BCUT2D eigenvalue weighted by atomic mass is 16.5. The first-order valence-corrected chi connectivity index (χ1v) is 12.4. The molecule has 2 aromatic rings. The second-order valence-electron chi connectivity index (χ2n) is 9.52.